The van der Waals surface area contributed by atoms with Gasteiger partial charge in [0, 0.05) is 11.1 Å². The Labute approximate surface area is 167 Å². The predicted octanol–water partition coefficient (Wildman–Crippen LogP) is 3.89. The number of nitrogens with one attached hydrogen (secondary N) is 1. The zero-order valence-electron chi connectivity index (χ0n) is 15.7. The number of hydrogen-bond donors (Lipinski definition) is 1. The van der Waals surface area contributed by atoms with Crippen molar-refractivity contribution in [3.8, 4) is 0 Å². The molecule has 3 rings (SSSR count). The Morgan fingerprint density at radius 1 is 0.897 bits per heavy atom. The zero-order chi connectivity index (χ0) is 20.6. The summed E-state index contributed by atoms with van der Waals surface area (Å²) in [6.45, 7) is 0. The van der Waals surface area contributed by atoms with E-state index in [1.807, 2.05) is 6.07 Å². The van der Waals surface area contributed by atoms with Gasteiger partial charge in [-0.15, -0.1) is 0 Å². The number of nitrogens with zero attached hydrogens (tertiary/aromatic N) is 1. The van der Waals surface area contributed by atoms with Gasteiger partial charge in [0.2, 0.25) is 5.91 Å². The van der Waals surface area contributed by atoms with Gasteiger partial charge in [-0.1, -0.05) is 71.9 Å². The molecule has 5 nitrogen and oxygen atoms in total. The molecule has 1 atom stereocenters. The van der Waals surface area contributed by atoms with Crippen LogP contribution in [-0.2, 0) is 9.63 Å². The third-order valence-corrected chi connectivity index (χ3v) is 4.37. The molecule has 0 heterocycles. The normalized spacial score (nSPS) is 11.8. The largest absolute Gasteiger partial charge is 0.398 e. The summed E-state index contributed by atoms with van der Waals surface area (Å²) in [7, 11) is 1.36. The van der Waals surface area contributed by atoms with Crippen LogP contribution in [0.4, 0.5) is 4.39 Å². The molecule has 0 aromatic heterocycles. The molecular weight excluding hydrogens is 371 g/mol. The van der Waals surface area contributed by atoms with E-state index in [1.54, 1.807) is 60.7 Å². The number of carbonyl (C=O) groups excluding carboxylic acids is 2. The average Bonchev–Trinajstić information content (AvgIpc) is 2.76. The first kappa shape index (κ1) is 19.9. The van der Waals surface area contributed by atoms with E-state index in [9.17, 15) is 14.0 Å². The van der Waals surface area contributed by atoms with E-state index in [0.29, 0.717) is 22.3 Å². The minimum atomic E-state index is -0.709. The van der Waals surface area contributed by atoms with Crippen molar-refractivity contribution in [2.24, 2.45) is 5.16 Å². The van der Waals surface area contributed by atoms with Crippen LogP contribution in [-0.4, -0.2) is 25.1 Å². The van der Waals surface area contributed by atoms with Gasteiger partial charge in [-0.3, -0.25) is 9.59 Å². The summed E-state index contributed by atoms with van der Waals surface area (Å²) >= 11 is 0. The lowest BCUT2D eigenvalue weighted by Gasteiger charge is -2.17. The van der Waals surface area contributed by atoms with Crippen molar-refractivity contribution < 1.29 is 18.8 Å². The molecule has 0 bridgehead atoms. The summed E-state index contributed by atoms with van der Waals surface area (Å²) in [4.78, 5) is 29.9. The Morgan fingerprint density at radius 2 is 1.45 bits per heavy atom. The minimum Gasteiger partial charge on any atom is -0.398 e. The molecule has 1 N–H and O–H groups in total. The van der Waals surface area contributed by atoms with Crippen LogP contribution in [0.1, 0.15) is 33.0 Å². The van der Waals surface area contributed by atoms with Gasteiger partial charge in [-0.05, 0) is 23.3 Å². The number of ketones is 1. The van der Waals surface area contributed by atoms with Gasteiger partial charge >= 0.3 is 0 Å². The van der Waals surface area contributed by atoms with Crippen LogP contribution in [0.3, 0.4) is 0 Å². The highest BCUT2D eigenvalue weighted by Gasteiger charge is 2.23. The summed E-state index contributed by atoms with van der Waals surface area (Å²) in [6.07, 6.45) is 1.14. The Balaban J connectivity index is 1.91. The molecule has 0 aliphatic rings. The average molecular weight is 390 g/mol. The van der Waals surface area contributed by atoms with Crippen molar-refractivity contribution in [3.63, 3.8) is 0 Å². The maximum atomic E-state index is 13.3. The zero-order valence-corrected chi connectivity index (χ0v) is 15.7. The third-order valence-electron chi connectivity index (χ3n) is 4.37. The number of rotatable bonds is 7. The van der Waals surface area contributed by atoms with Crippen LogP contribution in [0.25, 0.3) is 0 Å². The number of carbonyl (C=O) groups is 2. The molecule has 0 spiro atoms. The fraction of sp³-hybridized carbons (Fsp3) is 0.0870. The van der Waals surface area contributed by atoms with Crippen molar-refractivity contribution in [2.75, 3.05) is 7.11 Å². The number of halogens is 1. The molecule has 0 saturated carbocycles. The summed E-state index contributed by atoms with van der Waals surface area (Å²) in [5.41, 5.74) is 2.37. The molecule has 3 aromatic carbocycles. The molecule has 3 aromatic rings. The first-order chi connectivity index (χ1) is 14.1. The molecule has 1 unspecified atom stereocenters. The third kappa shape index (κ3) is 4.93. The lowest BCUT2D eigenvalue weighted by molar-refractivity contribution is -0.120. The van der Waals surface area contributed by atoms with Crippen molar-refractivity contribution in [1.29, 1.82) is 0 Å². The summed E-state index contributed by atoms with van der Waals surface area (Å²) < 4.78 is 13.3. The number of benzene rings is 3. The van der Waals surface area contributed by atoms with Crippen LogP contribution < -0.4 is 5.32 Å². The highest BCUT2D eigenvalue weighted by atomic mass is 19.1. The lowest BCUT2D eigenvalue weighted by atomic mass is 9.89. The van der Waals surface area contributed by atoms with Crippen LogP contribution in [0.2, 0.25) is 0 Å². The molecule has 0 fully saturated rings. The first-order valence-corrected chi connectivity index (χ1v) is 8.90. The second-order valence-corrected chi connectivity index (χ2v) is 6.23. The van der Waals surface area contributed by atoms with Gasteiger partial charge in [0.05, 0.1) is 5.92 Å². The molecule has 0 radical (unpaired) electrons. The summed E-state index contributed by atoms with van der Waals surface area (Å²) in [5.74, 6) is -1.57. The van der Waals surface area contributed by atoms with Gasteiger partial charge < -0.3 is 10.2 Å². The fourth-order valence-electron chi connectivity index (χ4n) is 2.96. The SMILES string of the molecule is CON=CNC(=O)C(c1ccc(F)cc1)c1ccc(C(=O)c2ccccc2)cc1. The summed E-state index contributed by atoms with van der Waals surface area (Å²) in [6, 6.07) is 21.4. The number of oxime groups is 1. The Kier molecular flexibility index (Phi) is 6.47. The van der Waals surface area contributed by atoms with Gasteiger partial charge in [0.25, 0.3) is 0 Å². The molecule has 1 amide bonds. The maximum absolute atomic E-state index is 13.3. The van der Waals surface area contributed by atoms with E-state index >= 15 is 0 Å². The van der Waals surface area contributed by atoms with Crippen molar-refractivity contribution >= 4 is 18.0 Å². The smallest absolute Gasteiger partial charge is 0.237 e. The quantitative estimate of drug-likeness (QED) is 0.288. The summed E-state index contributed by atoms with van der Waals surface area (Å²) in [5, 5.41) is 6.05. The topological polar surface area (TPSA) is 67.8 Å². The predicted molar refractivity (Wildman–Crippen MR) is 108 cm³/mol. The van der Waals surface area contributed by atoms with Crippen LogP contribution >= 0.6 is 0 Å². The molecular formula is C23H19FN2O3. The Bertz CT molecular complexity index is 1000. The van der Waals surface area contributed by atoms with E-state index in [1.165, 1.54) is 19.2 Å². The van der Waals surface area contributed by atoms with Gasteiger partial charge in [0.1, 0.15) is 19.3 Å². The van der Waals surface area contributed by atoms with E-state index in [2.05, 4.69) is 15.3 Å². The van der Waals surface area contributed by atoms with Crippen LogP contribution in [0.15, 0.2) is 84.0 Å². The lowest BCUT2D eigenvalue weighted by Crippen LogP contribution is -2.29. The monoisotopic (exact) mass is 390 g/mol. The molecule has 0 aliphatic carbocycles. The maximum Gasteiger partial charge on any atom is 0.237 e. The van der Waals surface area contributed by atoms with E-state index < -0.39 is 11.7 Å². The van der Waals surface area contributed by atoms with E-state index in [0.717, 1.165) is 6.34 Å². The fourth-order valence-corrected chi connectivity index (χ4v) is 2.96. The molecule has 0 saturated heterocycles. The minimum absolute atomic E-state index is 0.104. The Hall–Kier alpha value is -3.80. The van der Waals surface area contributed by atoms with E-state index in [4.69, 9.17) is 0 Å². The molecule has 0 aliphatic heterocycles. The van der Waals surface area contributed by atoms with Gasteiger partial charge in [-0.25, -0.2) is 4.39 Å². The second-order valence-electron chi connectivity index (χ2n) is 6.23. The highest BCUT2D eigenvalue weighted by Crippen LogP contribution is 2.26. The number of amides is 1. The molecule has 29 heavy (non-hydrogen) atoms. The van der Waals surface area contributed by atoms with E-state index in [-0.39, 0.29) is 11.7 Å². The molecule has 6 heteroatoms. The van der Waals surface area contributed by atoms with Crippen molar-refractivity contribution in [1.82, 2.24) is 5.32 Å². The van der Waals surface area contributed by atoms with Crippen molar-refractivity contribution in [3.05, 3.63) is 107 Å². The van der Waals surface area contributed by atoms with Crippen molar-refractivity contribution in [2.45, 2.75) is 5.92 Å². The second kappa shape index (κ2) is 9.41. The molecule has 146 valence electrons. The van der Waals surface area contributed by atoms with Gasteiger partial charge in [-0.2, -0.15) is 0 Å². The van der Waals surface area contributed by atoms with Crippen LogP contribution in [0, 0.1) is 5.82 Å². The first-order valence-electron chi connectivity index (χ1n) is 8.90. The Morgan fingerprint density at radius 3 is 2.03 bits per heavy atom. The number of hydrogen-bond acceptors (Lipinski definition) is 4. The standard InChI is InChI=1S/C23H19FN2O3/c1-29-26-15-25-23(28)21(17-11-13-20(24)14-12-17)16-7-9-19(10-8-16)22(27)18-5-3-2-4-6-18/h2-15,21H,1H3,(H,25,26,28). The van der Waals surface area contributed by atoms with Gasteiger partial charge in [0.15, 0.2) is 5.78 Å². The highest BCUT2D eigenvalue weighted by molar-refractivity contribution is 6.09. The van der Waals surface area contributed by atoms with Crippen LogP contribution in [0.5, 0.6) is 0 Å².